The maximum atomic E-state index is 11.4. The quantitative estimate of drug-likeness (QED) is 0.800. The molecule has 0 spiro atoms. The van der Waals surface area contributed by atoms with E-state index in [0.717, 1.165) is 16.5 Å². The lowest BCUT2D eigenvalue weighted by molar-refractivity contribution is 0.104. The first kappa shape index (κ1) is 16.5. The first-order valence-corrected chi connectivity index (χ1v) is 7.46. The van der Waals surface area contributed by atoms with Gasteiger partial charge in [-0.25, -0.2) is 4.79 Å². The van der Waals surface area contributed by atoms with Gasteiger partial charge in [0.15, 0.2) is 0 Å². The van der Waals surface area contributed by atoms with Gasteiger partial charge < -0.3 is 19.6 Å². The lowest BCUT2D eigenvalue weighted by Crippen LogP contribution is -2.35. The molecule has 0 aliphatic carbocycles. The molecular weight excluding hydrogens is 282 g/mol. The van der Waals surface area contributed by atoms with Crippen LogP contribution in [0.15, 0.2) is 27.4 Å². The molecule has 2 N–H and O–H groups in total. The van der Waals surface area contributed by atoms with Crippen molar-refractivity contribution in [2.45, 2.75) is 39.8 Å². The Bertz CT molecular complexity index is 706. The number of aliphatic hydroxyl groups excluding tert-OH is 1. The molecule has 2 aromatic rings. The summed E-state index contributed by atoms with van der Waals surface area (Å²) in [6, 6.07) is 5.43. The molecule has 5 heteroatoms. The van der Waals surface area contributed by atoms with E-state index < -0.39 is 6.10 Å². The number of aryl methyl sites for hydroxylation is 2. The van der Waals surface area contributed by atoms with Crippen LogP contribution in [0.4, 0.5) is 0 Å². The number of benzene rings is 1. The molecule has 0 fully saturated rings. The zero-order valence-electron chi connectivity index (χ0n) is 13.5. The second-order valence-electron chi connectivity index (χ2n) is 5.89. The topological polar surface area (TPSA) is 71.7 Å². The highest BCUT2D eigenvalue weighted by molar-refractivity contribution is 5.82. The Morgan fingerprint density at radius 1 is 1.23 bits per heavy atom. The second-order valence-corrected chi connectivity index (χ2v) is 5.89. The van der Waals surface area contributed by atoms with E-state index >= 15 is 0 Å². The van der Waals surface area contributed by atoms with Gasteiger partial charge in [-0.3, -0.25) is 0 Å². The van der Waals surface area contributed by atoms with Crippen LogP contribution in [0.5, 0.6) is 5.75 Å². The number of rotatable bonds is 6. The van der Waals surface area contributed by atoms with E-state index in [4.69, 9.17) is 9.15 Å². The average molecular weight is 305 g/mol. The van der Waals surface area contributed by atoms with Crippen molar-refractivity contribution in [1.29, 1.82) is 0 Å². The molecule has 0 saturated carbocycles. The fourth-order valence-corrected chi connectivity index (χ4v) is 2.22. The highest BCUT2D eigenvalue weighted by atomic mass is 16.5. The molecule has 120 valence electrons. The first-order chi connectivity index (χ1) is 10.4. The molecule has 22 heavy (non-hydrogen) atoms. The van der Waals surface area contributed by atoms with E-state index in [1.54, 1.807) is 6.07 Å². The molecule has 0 unspecified atom stereocenters. The summed E-state index contributed by atoms with van der Waals surface area (Å²) in [4.78, 5) is 11.4. The summed E-state index contributed by atoms with van der Waals surface area (Å²) in [5.41, 5.74) is 1.91. The summed E-state index contributed by atoms with van der Waals surface area (Å²) in [5, 5.41) is 13.9. The number of hydrogen-bond acceptors (Lipinski definition) is 5. The fraction of sp³-hybridized carbons (Fsp3) is 0.471. The molecule has 0 bridgehead atoms. The zero-order valence-corrected chi connectivity index (χ0v) is 13.5. The monoisotopic (exact) mass is 305 g/mol. The van der Waals surface area contributed by atoms with Gasteiger partial charge in [-0.15, -0.1) is 0 Å². The van der Waals surface area contributed by atoms with Crippen molar-refractivity contribution >= 4 is 11.0 Å². The number of fused-ring (bicyclic) bond motifs is 1. The lowest BCUT2D eigenvalue weighted by Gasteiger charge is -2.16. The van der Waals surface area contributed by atoms with Gasteiger partial charge in [0.05, 0.1) is 0 Å². The van der Waals surface area contributed by atoms with Crippen molar-refractivity contribution in [3.63, 3.8) is 0 Å². The Hall–Kier alpha value is -1.85. The van der Waals surface area contributed by atoms with Crippen LogP contribution in [0.3, 0.4) is 0 Å². The third-order valence-corrected chi connectivity index (χ3v) is 3.44. The Morgan fingerprint density at radius 3 is 2.64 bits per heavy atom. The van der Waals surface area contributed by atoms with Gasteiger partial charge in [0.2, 0.25) is 0 Å². The van der Waals surface area contributed by atoms with Crippen molar-refractivity contribution in [2.75, 3.05) is 13.2 Å². The molecule has 1 atom stereocenters. The smallest absolute Gasteiger partial charge is 0.336 e. The molecule has 1 heterocycles. The van der Waals surface area contributed by atoms with E-state index in [2.05, 4.69) is 5.32 Å². The minimum atomic E-state index is -0.577. The van der Waals surface area contributed by atoms with Crippen molar-refractivity contribution in [2.24, 2.45) is 0 Å². The van der Waals surface area contributed by atoms with Crippen molar-refractivity contribution < 1.29 is 14.3 Å². The molecular formula is C17H23NO4. The Morgan fingerprint density at radius 2 is 1.95 bits per heavy atom. The summed E-state index contributed by atoms with van der Waals surface area (Å²) in [6.45, 7) is 8.49. The van der Waals surface area contributed by atoms with Gasteiger partial charge in [0.1, 0.15) is 24.0 Å². The van der Waals surface area contributed by atoms with Crippen LogP contribution in [0.25, 0.3) is 11.0 Å². The van der Waals surface area contributed by atoms with E-state index in [9.17, 15) is 9.90 Å². The number of hydrogen-bond donors (Lipinski definition) is 2. The third-order valence-electron chi connectivity index (χ3n) is 3.44. The molecule has 5 nitrogen and oxygen atoms in total. The van der Waals surface area contributed by atoms with E-state index in [1.807, 2.05) is 33.8 Å². The van der Waals surface area contributed by atoms with Crippen molar-refractivity contribution in [3.05, 3.63) is 39.7 Å². The Balaban J connectivity index is 2.14. The van der Waals surface area contributed by atoms with Gasteiger partial charge in [-0.2, -0.15) is 0 Å². The van der Waals surface area contributed by atoms with Crippen LogP contribution < -0.4 is 15.7 Å². The SMILES string of the molecule is Cc1cc2oc(=O)cc(C)c2cc1OC[C@H](O)CNC(C)C. The predicted octanol–water partition coefficient (Wildman–Crippen LogP) is 2.15. The van der Waals surface area contributed by atoms with Crippen molar-refractivity contribution in [3.8, 4) is 5.75 Å². The molecule has 1 aromatic carbocycles. The summed E-state index contributed by atoms with van der Waals surface area (Å²) in [6.07, 6.45) is -0.577. The zero-order chi connectivity index (χ0) is 16.3. The van der Waals surface area contributed by atoms with Gasteiger partial charge >= 0.3 is 5.63 Å². The molecule has 0 aliphatic heterocycles. The highest BCUT2D eigenvalue weighted by Crippen LogP contribution is 2.26. The van der Waals surface area contributed by atoms with E-state index in [-0.39, 0.29) is 12.2 Å². The van der Waals surface area contributed by atoms with Crippen LogP contribution >= 0.6 is 0 Å². The minimum Gasteiger partial charge on any atom is -0.491 e. The molecule has 1 aromatic heterocycles. The van der Waals surface area contributed by atoms with Crippen LogP contribution in [0.2, 0.25) is 0 Å². The Labute approximate surface area is 129 Å². The fourth-order valence-electron chi connectivity index (χ4n) is 2.22. The van der Waals surface area contributed by atoms with Gasteiger partial charge in [0, 0.05) is 24.0 Å². The maximum absolute atomic E-state index is 11.4. The highest BCUT2D eigenvalue weighted by Gasteiger charge is 2.10. The van der Waals surface area contributed by atoms with E-state index in [0.29, 0.717) is 23.9 Å². The number of nitrogens with one attached hydrogen (secondary N) is 1. The average Bonchev–Trinajstić information content (AvgIpc) is 2.42. The van der Waals surface area contributed by atoms with Gasteiger partial charge in [-0.05, 0) is 37.1 Å². The van der Waals surface area contributed by atoms with E-state index in [1.165, 1.54) is 6.07 Å². The molecule has 0 saturated heterocycles. The summed E-state index contributed by atoms with van der Waals surface area (Å²) in [7, 11) is 0. The van der Waals surface area contributed by atoms with Gasteiger partial charge in [0.25, 0.3) is 0 Å². The number of ether oxygens (including phenoxy) is 1. The minimum absolute atomic E-state index is 0.210. The third kappa shape index (κ3) is 4.08. The number of aliphatic hydroxyl groups is 1. The maximum Gasteiger partial charge on any atom is 0.336 e. The molecule has 2 rings (SSSR count). The molecule has 0 aliphatic rings. The van der Waals surface area contributed by atoms with Crippen LogP contribution in [0, 0.1) is 13.8 Å². The summed E-state index contributed by atoms with van der Waals surface area (Å²) < 4.78 is 10.9. The van der Waals surface area contributed by atoms with Crippen molar-refractivity contribution in [1.82, 2.24) is 5.32 Å². The van der Waals surface area contributed by atoms with Crippen LogP contribution in [-0.2, 0) is 0 Å². The van der Waals surface area contributed by atoms with Crippen LogP contribution in [0.1, 0.15) is 25.0 Å². The molecule has 0 amide bonds. The second kappa shape index (κ2) is 6.94. The Kier molecular flexibility index (Phi) is 5.21. The summed E-state index contributed by atoms with van der Waals surface area (Å²) >= 11 is 0. The largest absolute Gasteiger partial charge is 0.491 e. The normalized spacial score (nSPS) is 12.8. The van der Waals surface area contributed by atoms with Crippen LogP contribution in [-0.4, -0.2) is 30.4 Å². The van der Waals surface area contributed by atoms with Gasteiger partial charge in [-0.1, -0.05) is 13.8 Å². The molecule has 0 radical (unpaired) electrons. The lowest BCUT2D eigenvalue weighted by atomic mass is 10.1. The first-order valence-electron chi connectivity index (χ1n) is 7.46. The standard InChI is InChI=1S/C17H23NO4/c1-10(2)18-8-13(19)9-21-15-7-14-11(3)6-17(20)22-16(14)5-12(15)4/h5-7,10,13,18-19H,8-9H2,1-4H3/t13-/m1/s1. The predicted molar refractivity (Wildman–Crippen MR) is 86.6 cm³/mol. The summed E-state index contributed by atoms with van der Waals surface area (Å²) in [5.74, 6) is 0.688.